The molecule has 1 amide bonds. The van der Waals surface area contributed by atoms with Gasteiger partial charge in [0, 0.05) is 50.1 Å². The van der Waals surface area contributed by atoms with Crippen LogP contribution in [-0.2, 0) is 23.2 Å². The molecule has 40 heavy (non-hydrogen) atoms. The van der Waals surface area contributed by atoms with Crippen LogP contribution >= 0.6 is 24.8 Å². The van der Waals surface area contributed by atoms with Crippen molar-refractivity contribution >= 4 is 30.7 Å². The molecule has 0 radical (unpaired) electrons. The maximum Gasteiger partial charge on any atom is 0.221 e. The molecule has 1 aliphatic carbocycles. The quantitative estimate of drug-likeness (QED) is 0.311. The number of amides is 1. The number of unbranched alkanes of at least 4 members (excludes halogenated alkanes) is 3. The summed E-state index contributed by atoms with van der Waals surface area (Å²) >= 11 is 0. The van der Waals surface area contributed by atoms with Crippen LogP contribution in [0.15, 0.2) is 48.5 Å². The van der Waals surface area contributed by atoms with Gasteiger partial charge in [0.2, 0.25) is 5.91 Å². The Balaban J connectivity index is 0.00000220. The summed E-state index contributed by atoms with van der Waals surface area (Å²) in [6, 6.07) is 17.3. The lowest BCUT2D eigenvalue weighted by Gasteiger charge is -2.56. The van der Waals surface area contributed by atoms with Crippen molar-refractivity contribution in [2.24, 2.45) is 5.92 Å². The average molecular weight is 591 g/mol. The Labute approximate surface area is 253 Å². The van der Waals surface area contributed by atoms with Crippen molar-refractivity contribution in [3.63, 3.8) is 0 Å². The van der Waals surface area contributed by atoms with E-state index in [1.807, 2.05) is 12.1 Å². The Kier molecular flexibility index (Phi) is 12.2. The van der Waals surface area contributed by atoms with Gasteiger partial charge in [-0.05, 0) is 73.4 Å². The van der Waals surface area contributed by atoms with Crippen LogP contribution < -0.4 is 5.32 Å². The summed E-state index contributed by atoms with van der Waals surface area (Å²) in [7, 11) is 0. The third-order valence-electron chi connectivity index (χ3n) is 9.69. The first-order valence-electron chi connectivity index (χ1n) is 15.1. The zero-order valence-corrected chi connectivity index (χ0v) is 25.9. The van der Waals surface area contributed by atoms with E-state index < -0.39 is 0 Å². The molecule has 222 valence electrons. The number of carbonyl (C=O) groups is 1. The third kappa shape index (κ3) is 7.53. The Morgan fingerprint density at radius 1 is 1.02 bits per heavy atom. The smallest absolute Gasteiger partial charge is 0.221 e. The van der Waals surface area contributed by atoms with Crippen molar-refractivity contribution in [1.29, 1.82) is 0 Å². The molecule has 5 nitrogen and oxygen atoms in total. The number of piperidine rings is 1. The SMILES string of the molecule is CCCCCCN1C[C@@H](C)[C@]2(c3cccc(O)c3)C[C@@H](NC(=O)CCN3CCc4ccccc4C3)C[C@H]1C2.Cl.Cl. The lowest BCUT2D eigenvalue weighted by molar-refractivity contribution is -0.123. The molecule has 5 rings (SSSR count). The summed E-state index contributed by atoms with van der Waals surface area (Å²) in [5.74, 6) is 0.999. The summed E-state index contributed by atoms with van der Waals surface area (Å²) in [5, 5.41) is 13.8. The molecule has 2 aliphatic heterocycles. The minimum Gasteiger partial charge on any atom is -0.508 e. The second-order valence-electron chi connectivity index (χ2n) is 12.3. The molecule has 2 aromatic carbocycles. The fraction of sp³-hybridized carbons (Fsp3) is 0.606. The minimum absolute atomic E-state index is 0. The number of rotatable bonds is 10. The highest BCUT2D eigenvalue weighted by Gasteiger charge is 2.51. The van der Waals surface area contributed by atoms with E-state index in [1.54, 1.807) is 6.07 Å². The maximum absolute atomic E-state index is 13.2. The summed E-state index contributed by atoms with van der Waals surface area (Å²) in [6.07, 6.45) is 9.86. The zero-order valence-electron chi connectivity index (χ0n) is 24.3. The molecule has 1 saturated carbocycles. The Hall–Kier alpha value is -1.79. The maximum atomic E-state index is 13.2. The number of phenolic OH excluding ortho intramolecular Hbond substituents is 1. The van der Waals surface area contributed by atoms with Crippen molar-refractivity contribution in [3.8, 4) is 5.75 Å². The van der Waals surface area contributed by atoms with E-state index in [4.69, 9.17) is 0 Å². The Bertz CT molecular complexity index is 1100. The number of phenols is 1. The highest BCUT2D eigenvalue weighted by atomic mass is 35.5. The highest BCUT2D eigenvalue weighted by Crippen LogP contribution is 2.50. The average Bonchev–Trinajstić information content (AvgIpc) is 2.92. The Morgan fingerprint density at radius 3 is 2.60 bits per heavy atom. The molecular formula is C33H49Cl2N3O2. The molecule has 0 unspecified atom stereocenters. The number of carbonyl (C=O) groups excluding carboxylic acids is 1. The first-order chi connectivity index (χ1) is 18.5. The molecule has 2 aromatic rings. The van der Waals surface area contributed by atoms with Gasteiger partial charge in [-0.25, -0.2) is 0 Å². The molecule has 2 bridgehead atoms. The number of halogens is 2. The Morgan fingerprint density at radius 2 is 1.82 bits per heavy atom. The van der Waals surface area contributed by atoms with Crippen LogP contribution in [0.2, 0.25) is 0 Å². The molecule has 1 saturated heterocycles. The molecular weight excluding hydrogens is 541 g/mol. The molecule has 3 aliphatic rings. The molecule has 2 fully saturated rings. The number of benzene rings is 2. The van der Waals surface area contributed by atoms with Crippen molar-refractivity contribution in [3.05, 3.63) is 65.2 Å². The van der Waals surface area contributed by atoms with Gasteiger partial charge in [-0.1, -0.05) is 69.5 Å². The van der Waals surface area contributed by atoms with Crippen LogP contribution in [0.5, 0.6) is 5.75 Å². The fourth-order valence-corrected chi connectivity index (χ4v) is 7.56. The summed E-state index contributed by atoms with van der Waals surface area (Å²) in [6.45, 7) is 9.70. The van der Waals surface area contributed by atoms with Gasteiger partial charge in [0.1, 0.15) is 5.75 Å². The minimum atomic E-state index is -0.00387. The van der Waals surface area contributed by atoms with Gasteiger partial charge in [0.05, 0.1) is 0 Å². The number of fused-ring (bicyclic) bond motifs is 3. The number of nitrogens with one attached hydrogen (secondary N) is 1. The summed E-state index contributed by atoms with van der Waals surface area (Å²) in [4.78, 5) is 18.4. The first kappa shape index (κ1) is 32.7. The lowest BCUT2D eigenvalue weighted by Crippen LogP contribution is -2.61. The van der Waals surface area contributed by atoms with Crippen molar-refractivity contribution in [2.45, 2.75) is 95.7 Å². The molecule has 2 N–H and O–H groups in total. The second kappa shape index (κ2) is 14.9. The first-order valence-corrected chi connectivity index (χ1v) is 15.1. The topological polar surface area (TPSA) is 55.8 Å². The molecule has 4 atom stereocenters. The standard InChI is InChI=1S/C33H47N3O2.2ClH/c1-3-4-5-8-16-36-23-25(2)33(28-12-9-13-31(37)19-28)21-29(20-30(36)22-33)34-32(38)15-18-35-17-14-26-10-6-7-11-27(26)24-35;;/h6-7,9-13,19,25,29-30,37H,3-5,8,14-18,20-24H2,1-2H3,(H,34,38);2*1H/t25-,29+,30+,33+;;/m1../s1. The fourth-order valence-electron chi connectivity index (χ4n) is 7.56. The monoisotopic (exact) mass is 589 g/mol. The predicted molar refractivity (Wildman–Crippen MR) is 169 cm³/mol. The number of hydrogen-bond acceptors (Lipinski definition) is 4. The molecule has 7 heteroatoms. The van der Waals surface area contributed by atoms with Crippen molar-refractivity contribution in [1.82, 2.24) is 15.1 Å². The van der Waals surface area contributed by atoms with E-state index in [1.165, 1.54) is 42.4 Å². The van der Waals surface area contributed by atoms with E-state index >= 15 is 0 Å². The van der Waals surface area contributed by atoms with Gasteiger partial charge in [0.15, 0.2) is 0 Å². The molecule has 2 heterocycles. The number of nitrogens with zero attached hydrogens (tertiary/aromatic N) is 2. The highest BCUT2D eigenvalue weighted by molar-refractivity contribution is 5.85. The number of likely N-dealkylation sites (tertiary alicyclic amines) is 1. The van der Waals surface area contributed by atoms with E-state index in [9.17, 15) is 9.90 Å². The lowest BCUT2D eigenvalue weighted by atomic mass is 9.57. The normalized spacial score (nSPS) is 26.2. The van der Waals surface area contributed by atoms with Gasteiger partial charge < -0.3 is 10.4 Å². The number of aromatic hydroxyl groups is 1. The van der Waals surface area contributed by atoms with Gasteiger partial charge in [0.25, 0.3) is 0 Å². The van der Waals surface area contributed by atoms with E-state index in [0.29, 0.717) is 24.1 Å². The van der Waals surface area contributed by atoms with Crippen molar-refractivity contribution < 1.29 is 9.90 Å². The zero-order chi connectivity index (χ0) is 26.5. The largest absolute Gasteiger partial charge is 0.508 e. The summed E-state index contributed by atoms with van der Waals surface area (Å²) in [5.41, 5.74) is 4.09. The second-order valence-corrected chi connectivity index (χ2v) is 12.3. The van der Waals surface area contributed by atoms with Gasteiger partial charge in [-0.2, -0.15) is 0 Å². The van der Waals surface area contributed by atoms with Crippen LogP contribution in [0.3, 0.4) is 0 Å². The van der Waals surface area contributed by atoms with Gasteiger partial charge in [-0.15, -0.1) is 24.8 Å². The summed E-state index contributed by atoms with van der Waals surface area (Å²) < 4.78 is 0. The van der Waals surface area contributed by atoms with Crippen LogP contribution in [0.1, 0.15) is 81.9 Å². The third-order valence-corrected chi connectivity index (χ3v) is 9.69. The van der Waals surface area contributed by atoms with E-state index in [0.717, 1.165) is 58.4 Å². The van der Waals surface area contributed by atoms with Crippen LogP contribution in [-0.4, -0.2) is 59.1 Å². The van der Waals surface area contributed by atoms with E-state index in [2.05, 4.69) is 59.3 Å². The van der Waals surface area contributed by atoms with Crippen molar-refractivity contribution in [2.75, 3.05) is 26.2 Å². The van der Waals surface area contributed by atoms with Gasteiger partial charge in [-0.3, -0.25) is 14.6 Å². The number of hydrogen-bond donors (Lipinski definition) is 2. The molecule has 0 aromatic heterocycles. The van der Waals surface area contributed by atoms with Crippen LogP contribution in [0, 0.1) is 5.92 Å². The predicted octanol–water partition coefficient (Wildman–Crippen LogP) is 6.49. The van der Waals surface area contributed by atoms with Crippen LogP contribution in [0.25, 0.3) is 0 Å². The van der Waals surface area contributed by atoms with Crippen LogP contribution in [0.4, 0.5) is 0 Å². The molecule has 0 spiro atoms. The van der Waals surface area contributed by atoms with Gasteiger partial charge >= 0.3 is 0 Å². The van der Waals surface area contributed by atoms with E-state index in [-0.39, 0.29) is 42.2 Å².